The first kappa shape index (κ1) is 18.2. The highest BCUT2D eigenvalue weighted by molar-refractivity contribution is 5.97. The number of piperidine rings is 1. The molecule has 0 unspecified atom stereocenters. The Bertz CT molecular complexity index is 603. The molecule has 25 heavy (non-hydrogen) atoms. The zero-order chi connectivity index (χ0) is 17.9. The monoisotopic (exact) mass is 346 g/mol. The second-order valence-electron chi connectivity index (χ2n) is 7.78. The van der Waals surface area contributed by atoms with E-state index in [2.05, 4.69) is 10.2 Å². The van der Waals surface area contributed by atoms with E-state index in [1.54, 1.807) is 25.1 Å². The van der Waals surface area contributed by atoms with E-state index in [-0.39, 0.29) is 17.7 Å². The van der Waals surface area contributed by atoms with Crippen LogP contribution in [0.1, 0.15) is 60.9 Å². The van der Waals surface area contributed by atoms with E-state index >= 15 is 0 Å². The van der Waals surface area contributed by atoms with Gasteiger partial charge in [-0.2, -0.15) is 0 Å². The predicted octanol–water partition coefficient (Wildman–Crippen LogP) is 2.59. The molecular formula is C20H30N2O3. The molecule has 0 spiro atoms. The number of phenols is 1. The van der Waals surface area contributed by atoms with Crippen LogP contribution in [0.25, 0.3) is 0 Å². The van der Waals surface area contributed by atoms with Crippen molar-refractivity contribution in [3.05, 3.63) is 29.3 Å². The number of benzene rings is 1. The summed E-state index contributed by atoms with van der Waals surface area (Å²) < 4.78 is 0. The lowest BCUT2D eigenvalue weighted by Gasteiger charge is -2.40. The summed E-state index contributed by atoms with van der Waals surface area (Å²) in [6, 6.07) is 5.37. The molecule has 1 aliphatic heterocycles. The number of rotatable bonds is 4. The van der Waals surface area contributed by atoms with Gasteiger partial charge in [-0.15, -0.1) is 0 Å². The third-order valence-corrected chi connectivity index (χ3v) is 5.71. The third-order valence-electron chi connectivity index (χ3n) is 5.71. The van der Waals surface area contributed by atoms with Crippen molar-refractivity contribution in [3.63, 3.8) is 0 Å². The van der Waals surface area contributed by atoms with Crippen LogP contribution in [-0.4, -0.2) is 52.3 Å². The van der Waals surface area contributed by atoms with Crippen molar-refractivity contribution in [1.29, 1.82) is 0 Å². The van der Waals surface area contributed by atoms with Crippen LogP contribution >= 0.6 is 0 Å². The largest absolute Gasteiger partial charge is 0.507 e. The summed E-state index contributed by atoms with van der Waals surface area (Å²) in [5.41, 5.74) is 0.545. The maximum Gasteiger partial charge on any atom is 0.255 e. The van der Waals surface area contributed by atoms with E-state index in [4.69, 9.17) is 0 Å². The fourth-order valence-electron chi connectivity index (χ4n) is 4.12. The Morgan fingerprint density at radius 2 is 1.92 bits per heavy atom. The van der Waals surface area contributed by atoms with Gasteiger partial charge in [-0.1, -0.05) is 31.4 Å². The molecule has 1 saturated heterocycles. The Labute approximate surface area is 150 Å². The zero-order valence-electron chi connectivity index (χ0n) is 15.1. The van der Waals surface area contributed by atoms with E-state index in [9.17, 15) is 15.0 Å². The minimum atomic E-state index is -0.512. The number of aromatic hydroxyl groups is 1. The number of amides is 1. The van der Waals surface area contributed by atoms with Gasteiger partial charge in [-0.25, -0.2) is 0 Å². The molecule has 0 radical (unpaired) electrons. The van der Waals surface area contributed by atoms with Crippen molar-refractivity contribution >= 4 is 5.91 Å². The van der Waals surface area contributed by atoms with Crippen molar-refractivity contribution < 1.29 is 15.0 Å². The first-order valence-electron chi connectivity index (χ1n) is 9.51. The van der Waals surface area contributed by atoms with E-state index in [1.165, 1.54) is 6.42 Å². The van der Waals surface area contributed by atoms with Gasteiger partial charge in [0, 0.05) is 25.7 Å². The van der Waals surface area contributed by atoms with Gasteiger partial charge in [0.2, 0.25) is 0 Å². The minimum absolute atomic E-state index is 0.0666. The van der Waals surface area contributed by atoms with Crippen molar-refractivity contribution in [2.24, 2.45) is 0 Å². The number of phenolic OH excluding ortho intramolecular Hbond substituents is 1. The van der Waals surface area contributed by atoms with Gasteiger partial charge >= 0.3 is 0 Å². The van der Waals surface area contributed by atoms with Crippen LogP contribution in [0, 0.1) is 6.92 Å². The van der Waals surface area contributed by atoms with Gasteiger partial charge < -0.3 is 20.4 Å². The number of aliphatic hydroxyl groups is 1. The molecular weight excluding hydrogens is 316 g/mol. The first-order valence-corrected chi connectivity index (χ1v) is 9.51. The number of nitrogens with zero attached hydrogens (tertiary/aromatic N) is 1. The Morgan fingerprint density at radius 1 is 1.24 bits per heavy atom. The fraction of sp³-hybridized carbons (Fsp3) is 0.650. The molecule has 5 heteroatoms. The molecule has 5 nitrogen and oxygen atoms in total. The lowest BCUT2D eigenvalue weighted by molar-refractivity contribution is -0.0312. The second kappa shape index (κ2) is 7.75. The normalized spacial score (nSPS) is 21.8. The summed E-state index contributed by atoms with van der Waals surface area (Å²) in [6.45, 7) is 4.34. The summed E-state index contributed by atoms with van der Waals surface area (Å²) in [7, 11) is 0. The second-order valence-corrected chi connectivity index (χ2v) is 7.78. The highest BCUT2D eigenvalue weighted by atomic mass is 16.3. The number of hydrogen-bond donors (Lipinski definition) is 3. The van der Waals surface area contributed by atoms with Gasteiger partial charge in [0.1, 0.15) is 5.75 Å². The third kappa shape index (κ3) is 4.53. The van der Waals surface area contributed by atoms with Gasteiger partial charge in [0.05, 0.1) is 11.2 Å². The smallest absolute Gasteiger partial charge is 0.255 e. The lowest BCUT2D eigenvalue weighted by atomic mass is 9.84. The highest BCUT2D eigenvalue weighted by Gasteiger charge is 2.33. The average molecular weight is 346 g/mol. The molecule has 3 N–H and O–H groups in total. The van der Waals surface area contributed by atoms with E-state index in [0.29, 0.717) is 11.1 Å². The molecule has 0 bridgehead atoms. The number of para-hydroxylation sites is 1. The zero-order valence-corrected chi connectivity index (χ0v) is 15.1. The van der Waals surface area contributed by atoms with Gasteiger partial charge in [0.25, 0.3) is 5.91 Å². The molecule has 0 atom stereocenters. The van der Waals surface area contributed by atoms with Crippen LogP contribution in [0.3, 0.4) is 0 Å². The Kier molecular flexibility index (Phi) is 5.64. The summed E-state index contributed by atoms with van der Waals surface area (Å²) in [4.78, 5) is 14.7. The maximum atomic E-state index is 12.4. The lowest BCUT2D eigenvalue weighted by Crippen LogP contribution is -2.50. The molecule has 138 valence electrons. The average Bonchev–Trinajstić information content (AvgIpc) is 2.59. The molecule has 1 aromatic carbocycles. The van der Waals surface area contributed by atoms with Crippen LogP contribution in [0.5, 0.6) is 5.75 Å². The minimum Gasteiger partial charge on any atom is -0.507 e. The molecule has 3 rings (SSSR count). The van der Waals surface area contributed by atoms with Crippen molar-refractivity contribution in [2.75, 3.05) is 19.6 Å². The van der Waals surface area contributed by atoms with Crippen molar-refractivity contribution in [2.45, 2.75) is 63.5 Å². The predicted molar refractivity (Wildman–Crippen MR) is 97.8 cm³/mol. The number of hydrogen-bond acceptors (Lipinski definition) is 4. The molecule has 1 aliphatic carbocycles. The van der Waals surface area contributed by atoms with Crippen LogP contribution in [0.15, 0.2) is 18.2 Å². The van der Waals surface area contributed by atoms with Crippen molar-refractivity contribution in [3.8, 4) is 5.75 Å². The molecule has 1 amide bonds. The van der Waals surface area contributed by atoms with Crippen LogP contribution in [0.4, 0.5) is 0 Å². The van der Waals surface area contributed by atoms with Gasteiger partial charge in [-0.05, 0) is 44.2 Å². The number of aryl methyl sites for hydroxylation is 1. The standard InChI is InChI=1S/C20H30N2O3/c1-15-6-5-7-17(18(15)23)19(24)21-16-8-12-22(13-9-16)14-20(25)10-3-2-4-11-20/h5-7,16,23,25H,2-4,8-14H2,1H3,(H,21,24). The molecule has 0 aromatic heterocycles. The van der Waals surface area contributed by atoms with Crippen molar-refractivity contribution in [1.82, 2.24) is 10.2 Å². The van der Waals surface area contributed by atoms with Gasteiger partial charge in [0.15, 0.2) is 0 Å². The van der Waals surface area contributed by atoms with Crippen LogP contribution in [0.2, 0.25) is 0 Å². The quantitative estimate of drug-likeness (QED) is 0.783. The molecule has 1 saturated carbocycles. The molecule has 1 heterocycles. The molecule has 1 aromatic rings. The highest BCUT2D eigenvalue weighted by Crippen LogP contribution is 2.29. The fourth-order valence-corrected chi connectivity index (χ4v) is 4.12. The Hall–Kier alpha value is -1.59. The summed E-state index contributed by atoms with van der Waals surface area (Å²) >= 11 is 0. The number of β-amino-alcohol motifs (C(OH)–C–C–N with tert-alkyl or cyclic N) is 1. The molecule has 2 aliphatic rings. The van der Waals surface area contributed by atoms with Crippen LogP contribution in [-0.2, 0) is 0 Å². The summed E-state index contributed by atoms with van der Waals surface area (Å²) in [6.07, 6.45) is 7.09. The first-order chi connectivity index (χ1) is 12.0. The maximum absolute atomic E-state index is 12.4. The Morgan fingerprint density at radius 3 is 2.60 bits per heavy atom. The summed E-state index contributed by atoms with van der Waals surface area (Å²) in [5, 5.41) is 23.8. The number of nitrogens with one attached hydrogen (secondary N) is 1. The Balaban J connectivity index is 1.49. The topological polar surface area (TPSA) is 72.8 Å². The van der Waals surface area contributed by atoms with Crippen LogP contribution < -0.4 is 5.32 Å². The molecule has 2 fully saturated rings. The number of likely N-dealkylation sites (tertiary alicyclic amines) is 1. The number of carbonyl (C=O) groups excluding carboxylic acids is 1. The summed E-state index contributed by atoms with van der Waals surface area (Å²) in [5.74, 6) is -0.137. The van der Waals surface area contributed by atoms with Gasteiger partial charge in [-0.3, -0.25) is 4.79 Å². The van der Waals surface area contributed by atoms with E-state index in [0.717, 1.165) is 58.2 Å². The SMILES string of the molecule is Cc1cccc(C(=O)NC2CCN(CC3(O)CCCCC3)CC2)c1O. The van der Waals surface area contributed by atoms with E-state index < -0.39 is 5.60 Å². The number of carbonyl (C=O) groups is 1. The van der Waals surface area contributed by atoms with E-state index in [1.807, 2.05) is 0 Å².